The first kappa shape index (κ1) is 30.3. The van der Waals surface area contributed by atoms with Crippen molar-refractivity contribution < 1.29 is 14.3 Å². The van der Waals surface area contributed by atoms with Crippen molar-refractivity contribution in [1.82, 2.24) is 25.1 Å². The molecule has 0 unspecified atom stereocenters. The molecule has 220 valence electrons. The Balaban J connectivity index is 1.44. The van der Waals surface area contributed by atoms with Gasteiger partial charge in [-0.05, 0) is 57.7 Å². The Kier molecular flexibility index (Phi) is 9.82. The smallest absolute Gasteiger partial charge is 0.260 e. The molecule has 2 aromatic heterocycles. The summed E-state index contributed by atoms with van der Waals surface area (Å²) >= 11 is 1.34. The molecule has 4 rings (SSSR count). The lowest BCUT2D eigenvalue weighted by atomic mass is 10.2. The third kappa shape index (κ3) is 7.15. The number of amides is 2. The molecule has 2 aromatic rings. The van der Waals surface area contributed by atoms with Gasteiger partial charge in [-0.2, -0.15) is 0 Å². The van der Waals surface area contributed by atoms with Gasteiger partial charge in [-0.25, -0.2) is 4.98 Å². The van der Waals surface area contributed by atoms with Gasteiger partial charge in [0.1, 0.15) is 10.8 Å². The number of aromatic nitrogens is 2. The molecular formula is C30H41N7O3S. The van der Waals surface area contributed by atoms with Gasteiger partial charge < -0.3 is 26.0 Å². The highest BCUT2D eigenvalue weighted by molar-refractivity contribution is 7.14. The highest BCUT2D eigenvalue weighted by Crippen LogP contribution is 2.49. The van der Waals surface area contributed by atoms with E-state index in [1.165, 1.54) is 49.4 Å². The SMILES string of the molecule is CC/C=C(OC)/C(=C\N(C)C)c1cnc(/C(=C\N)C(=O)Nc2cc(C(=O)NCCN3CCCC34CC4)cnc2C)s1. The molecule has 1 saturated heterocycles. The van der Waals surface area contributed by atoms with E-state index in [-0.39, 0.29) is 11.5 Å². The molecule has 1 aliphatic heterocycles. The second-order valence-corrected chi connectivity index (χ2v) is 11.7. The maximum atomic E-state index is 13.3. The first-order chi connectivity index (χ1) is 19.7. The number of carbonyl (C=O) groups excluding carboxylic acids is 2. The van der Waals surface area contributed by atoms with Gasteiger partial charge >= 0.3 is 0 Å². The number of nitrogens with one attached hydrogen (secondary N) is 2. The first-order valence-corrected chi connectivity index (χ1v) is 14.9. The molecule has 0 aromatic carbocycles. The van der Waals surface area contributed by atoms with Crippen LogP contribution in [0.5, 0.6) is 0 Å². The topological polar surface area (TPSA) is 126 Å². The molecule has 2 aliphatic rings. The number of hydrogen-bond donors (Lipinski definition) is 3. The Hall–Kier alpha value is -3.70. The number of anilines is 1. The van der Waals surface area contributed by atoms with Crippen molar-refractivity contribution in [1.29, 1.82) is 0 Å². The van der Waals surface area contributed by atoms with Gasteiger partial charge in [-0.3, -0.25) is 19.5 Å². The summed E-state index contributed by atoms with van der Waals surface area (Å²) < 4.78 is 5.62. The van der Waals surface area contributed by atoms with Gasteiger partial charge in [0.25, 0.3) is 11.8 Å². The van der Waals surface area contributed by atoms with Crippen LogP contribution in [0, 0.1) is 6.92 Å². The summed E-state index contributed by atoms with van der Waals surface area (Å²) in [5.41, 5.74) is 8.80. The monoisotopic (exact) mass is 579 g/mol. The Morgan fingerprint density at radius 2 is 2.00 bits per heavy atom. The number of hydrogen-bond acceptors (Lipinski definition) is 9. The van der Waals surface area contributed by atoms with Crippen LogP contribution >= 0.6 is 11.3 Å². The number of allylic oxidation sites excluding steroid dienone is 2. The minimum absolute atomic E-state index is 0.217. The summed E-state index contributed by atoms with van der Waals surface area (Å²) in [6.45, 7) is 6.34. The fraction of sp³-hybridized carbons (Fsp3) is 0.467. The Morgan fingerprint density at radius 3 is 2.66 bits per heavy atom. The zero-order valence-corrected chi connectivity index (χ0v) is 25.4. The summed E-state index contributed by atoms with van der Waals surface area (Å²) in [5, 5.41) is 6.34. The van der Waals surface area contributed by atoms with Crippen LogP contribution in [0.4, 0.5) is 5.69 Å². The van der Waals surface area contributed by atoms with Crippen LogP contribution in [0.15, 0.2) is 42.7 Å². The Labute approximate surface area is 246 Å². The van der Waals surface area contributed by atoms with Crippen molar-refractivity contribution in [2.24, 2.45) is 5.73 Å². The van der Waals surface area contributed by atoms with E-state index >= 15 is 0 Å². The molecule has 3 heterocycles. The van der Waals surface area contributed by atoms with Crippen LogP contribution < -0.4 is 16.4 Å². The number of nitrogens with zero attached hydrogens (tertiary/aromatic N) is 4. The summed E-state index contributed by atoms with van der Waals surface area (Å²) in [6.07, 6.45) is 14.3. The third-order valence-electron chi connectivity index (χ3n) is 7.51. The average molecular weight is 580 g/mol. The van der Waals surface area contributed by atoms with E-state index in [1.54, 1.807) is 26.3 Å². The van der Waals surface area contributed by atoms with Gasteiger partial charge in [0.2, 0.25) is 0 Å². The summed E-state index contributed by atoms with van der Waals surface area (Å²) in [6, 6.07) is 1.65. The van der Waals surface area contributed by atoms with Crippen LogP contribution in [-0.4, -0.2) is 78.0 Å². The van der Waals surface area contributed by atoms with Crippen molar-refractivity contribution in [2.45, 2.75) is 51.5 Å². The standard InChI is InChI=1S/C30H41N7O3S/c1-6-8-25(40-5)23(19-36(3)4)26-18-34-29(41-26)22(16-31)28(39)35-24-15-21(17-33-20(24)2)27(38)32-12-14-37-13-7-9-30(37)10-11-30/h8,15-19H,6-7,9-14,31H2,1-5H3,(H,32,38)(H,35,39)/b22-16-,23-19+,25-8-. The molecule has 41 heavy (non-hydrogen) atoms. The van der Waals surface area contributed by atoms with E-state index in [9.17, 15) is 9.59 Å². The van der Waals surface area contributed by atoms with E-state index in [1.807, 2.05) is 38.2 Å². The predicted molar refractivity (Wildman–Crippen MR) is 164 cm³/mol. The summed E-state index contributed by atoms with van der Waals surface area (Å²) in [7, 11) is 5.50. The van der Waals surface area contributed by atoms with Gasteiger partial charge in [0.05, 0.1) is 40.1 Å². The zero-order chi connectivity index (χ0) is 29.6. The number of methoxy groups -OCH3 is 1. The third-order valence-corrected chi connectivity index (χ3v) is 8.57. The lowest BCUT2D eigenvalue weighted by Gasteiger charge is -2.23. The number of rotatable bonds is 12. The van der Waals surface area contributed by atoms with E-state index in [0.717, 1.165) is 35.7 Å². The fourth-order valence-corrected chi connectivity index (χ4v) is 6.15. The molecule has 1 spiro atoms. The maximum absolute atomic E-state index is 13.3. The lowest BCUT2D eigenvalue weighted by Crippen LogP contribution is -2.38. The molecule has 0 atom stereocenters. The number of carbonyl (C=O) groups is 2. The van der Waals surface area contributed by atoms with Crippen LogP contribution in [0.1, 0.15) is 65.0 Å². The number of pyridine rings is 1. The second kappa shape index (κ2) is 13.3. The molecule has 1 saturated carbocycles. The Bertz CT molecular complexity index is 1360. The zero-order valence-electron chi connectivity index (χ0n) is 24.6. The van der Waals surface area contributed by atoms with Gasteiger partial charge in [-0.1, -0.05) is 6.92 Å². The van der Waals surface area contributed by atoms with E-state index in [2.05, 4.69) is 25.5 Å². The highest BCUT2D eigenvalue weighted by atomic mass is 32.1. The highest BCUT2D eigenvalue weighted by Gasteiger charge is 2.50. The number of thiazole rings is 1. The van der Waals surface area contributed by atoms with Gasteiger partial charge in [-0.15, -0.1) is 11.3 Å². The largest absolute Gasteiger partial charge is 0.496 e. The molecule has 11 heteroatoms. The van der Waals surface area contributed by atoms with Crippen LogP contribution in [0.3, 0.4) is 0 Å². The number of aryl methyl sites for hydroxylation is 1. The molecule has 0 bridgehead atoms. The van der Waals surface area contributed by atoms with Crippen LogP contribution in [0.25, 0.3) is 11.1 Å². The fourth-order valence-electron chi connectivity index (χ4n) is 5.20. The van der Waals surface area contributed by atoms with E-state index < -0.39 is 5.91 Å². The van der Waals surface area contributed by atoms with Crippen molar-refractivity contribution in [3.63, 3.8) is 0 Å². The average Bonchev–Trinajstić information content (AvgIpc) is 3.38. The Morgan fingerprint density at radius 1 is 1.22 bits per heavy atom. The summed E-state index contributed by atoms with van der Waals surface area (Å²) in [5.74, 6) is 0.0720. The molecule has 10 nitrogen and oxygen atoms in total. The molecule has 2 amide bonds. The maximum Gasteiger partial charge on any atom is 0.260 e. The molecule has 1 aliphatic carbocycles. The second-order valence-electron chi connectivity index (χ2n) is 10.7. The number of nitrogens with two attached hydrogens (primary N) is 1. The van der Waals surface area contributed by atoms with Crippen molar-refractivity contribution in [3.05, 3.63) is 63.8 Å². The lowest BCUT2D eigenvalue weighted by molar-refractivity contribution is -0.111. The van der Waals surface area contributed by atoms with E-state index in [0.29, 0.717) is 34.0 Å². The van der Waals surface area contributed by atoms with Crippen LogP contribution in [0.2, 0.25) is 0 Å². The first-order valence-electron chi connectivity index (χ1n) is 14.0. The van der Waals surface area contributed by atoms with Crippen LogP contribution in [-0.2, 0) is 9.53 Å². The van der Waals surface area contributed by atoms with Crippen molar-refractivity contribution in [2.75, 3.05) is 46.2 Å². The van der Waals surface area contributed by atoms with Gasteiger partial charge in [0.15, 0.2) is 0 Å². The number of ether oxygens (including phenoxy) is 1. The van der Waals surface area contributed by atoms with Gasteiger partial charge in [0, 0.05) is 57.5 Å². The normalized spacial score (nSPS) is 17.0. The summed E-state index contributed by atoms with van der Waals surface area (Å²) in [4.78, 5) is 40.3. The van der Waals surface area contributed by atoms with Crippen molar-refractivity contribution in [3.8, 4) is 0 Å². The molecular weight excluding hydrogens is 538 g/mol. The molecule has 4 N–H and O–H groups in total. The molecule has 0 radical (unpaired) electrons. The predicted octanol–water partition coefficient (Wildman–Crippen LogP) is 3.99. The number of likely N-dealkylation sites (tertiary alicyclic amines) is 1. The molecule has 2 fully saturated rings. The van der Waals surface area contributed by atoms with Crippen molar-refractivity contribution >= 4 is 40.0 Å². The van der Waals surface area contributed by atoms with E-state index in [4.69, 9.17) is 10.5 Å². The minimum Gasteiger partial charge on any atom is -0.496 e. The quantitative estimate of drug-likeness (QED) is 0.196. The minimum atomic E-state index is -0.436.